The lowest BCUT2D eigenvalue weighted by molar-refractivity contribution is -0.254. The normalized spacial score (nSPS) is 19.3. The van der Waals surface area contributed by atoms with Crippen molar-refractivity contribution in [2.75, 3.05) is 25.9 Å². The number of nitrogens with zero attached hydrogens (tertiary/aromatic N) is 4. The number of aromatic nitrogens is 3. The van der Waals surface area contributed by atoms with E-state index in [4.69, 9.17) is 10.5 Å². The van der Waals surface area contributed by atoms with Gasteiger partial charge in [0, 0.05) is 12.1 Å². The number of methoxy groups -OCH3 is 1. The summed E-state index contributed by atoms with van der Waals surface area (Å²) >= 11 is 0. The van der Waals surface area contributed by atoms with Gasteiger partial charge in [0.2, 0.25) is 5.91 Å². The second-order valence-corrected chi connectivity index (χ2v) is 9.60. The molecule has 0 spiro atoms. The van der Waals surface area contributed by atoms with Gasteiger partial charge in [0.05, 0.1) is 42.9 Å². The van der Waals surface area contributed by atoms with Crippen molar-refractivity contribution < 1.29 is 50.2 Å². The van der Waals surface area contributed by atoms with E-state index < -0.39 is 78.4 Å². The number of ether oxygens (including phenoxy) is 1. The van der Waals surface area contributed by atoms with Crippen LogP contribution in [0.4, 0.5) is 36.6 Å². The number of nitrogens with one attached hydrogen (secondary N) is 1. The van der Waals surface area contributed by atoms with Gasteiger partial charge >= 0.3 is 12.4 Å². The number of fused-ring (bicyclic) bond motifs is 1. The fourth-order valence-corrected chi connectivity index (χ4v) is 4.39. The molecule has 1 aliphatic heterocycles. The number of rotatable bonds is 6. The number of alkyl halides is 7. The third-order valence-electron chi connectivity index (χ3n) is 6.65. The topological polar surface area (TPSA) is 135 Å². The van der Waals surface area contributed by atoms with Crippen molar-refractivity contribution in [2.24, 2.45) is 0 Å². The Morgan fingerprint density at radius 3 is 2.46 bits per heavy atom. The van der Waals surface area contributed by atoms with E-state index in [9.17, 15) is 45.4 Å². The van der Waals surface area contributed by atoms with Crippen molar-refractivity contribution in [3.05, 3.63) is 41.7 Å². The van der Waals surface area contributed by atoms with Gasteiger partial charge in [0.25, 0.3) is 5.91 Å². The Kier molecular flexibility index (Phi) is 7.53. The van der Waals surface area contributed by atoms with Crippen LogP contribution < -0.4 is 15.8 Å². The van der Waals surface area contributed by atoms with Crippen LogP contribution >= 0.6 is 0 Å². The molecule has 2 aromatic heterocycles. The molecule has 3 aromatic rings. The molecule has 10 nitrogen and oxygen atoms in total. The van der Waals surface area contributed by atoms with E-state index in [1.807, 2.05) is 0 Å². The van der Waals surface area contributed by atoms with Crippen LogP contribution in [-0.4, -0.2) is 80.6 Å². The highest BCUT2D eigenvalue weighted by molar-refractivity contribution is 5.98. The van der Waals surface area contributed by atoms with Crippen LogP contribution in [0.15, 0.2) is 30.6 Å². The molecule has 1 unspecified atom stereocenters. The molecule has 0 aliphatic carbocycles. The molecule has 1 saturated heterocycles. The molecular weight excluding hydrogens is 569 g/mol. The van der Waals surface area contributed by atoms with Gasteiger partial charge in [-0.2, -0.15) is 31.4 Å². The lowest BCUT2D eigenvalue weighted by atomic mass is 10.0. The van der Waals surface area contributed by atoms with E-state index >= 15 is 0 Å². The second kappa shape index (κ2) is 10.4. The van der Waals surface area contributed by atoms with Crippen molar-refractivity contribution in [3.8, 4) is 17.0 Å². The van der Waals surface area contributed by atoms with E-state index in [1.54, 1.807) is 0 Å². The molecule has 1 aliphatic rings. The first kappa shape index (κ1) is 29.8. The average Bonchev–Trinajstić information content (AvgIpc) is 3.44. The molecule has 2 amide bonds. The molecule has 1 fully saturated rings. The van der Waals surface area contributed by atoms with Crippen LogP contribution in [0.25, 0.3) is 16.8 Å². The molecule has 41 heavy (non-hydrogen) atoms. The first-order valence-electron chi connectivity index (χ1n) is 11.8. The van der Waals surface area contributed by atoms with Crippen LogP contribution in [0.1, 0.15) is 29.3 Å². The lowest BCUT2D eigenvalue weighted by Gasteiger charge is -2.27. The molecule has 0 saturated carbocycles. The largest absolute Gasteiger partial charge is 0.496 e. The zero-order valence-electron chi connectivity index (χ0n) is 21.3. The monoisotopic (exact) mass is 592 g/mol. The maximum atomic E-state index is 14.7. The van der Waals surface area contributed by atoms with Crippen molar-refractivity contribution >= 4 is 23.1 Å². The van der Waals surface area contributed by atoms with Crippen molar-refractivity contribution in [2.45, 2.75) is 43.5 Å². The van der Waals surface area contributed by atoms with Gasteiger partial charge in [-0.25, -0.2) is 13.9 Å². The number of halogens is 7. The predicted octanol–water partition coefficient (Wildman–Crippen LogP) is 2.99. The Morgan fingerprint density at radius 2 is 1.85 bits per heavy atom. The molecule has 0 radical (unpaired) electrons. The summed E-state index contributed by atoms with van der Waals surface area (Å²) in [6.45, 7) is -0.707. The minimum absolute atomic E-state index is 0.0279. The van der Waals surface area contributed by atoms with Crippen molar-refractivity contribution in [1.82, 2.24) is 24.8 Å². The van der Waals surface area contributed by atoms with E-state index in [2.05, 4.69) is 15.4 Å². The zero-order valence-corrected chi connectivity index (χ0v) is 21.3. The van der Waals surface area contributed by atoms with Gasteiger partial charge in [-0.3, -0.25) is 9.59 Å². The minimum Gasteiger partial charge on any atom is -0.496 e. The number of anilines is 1. The SMILES string of the molecule is COc1ccc(-c2cc(C(F)(F)F)c3c(N)ncnn23)cc1C(=O)N[C@@H]1CN(C(=O)CC(C)(O)C(F)(F)F)C[C@@H]1F. The van der Waals surface area contributed by atoms with Gasteiger partial charge in [0.1, 0.15) is 23.8 Å². The lowest BCUT2D eigenvalue weighted by Crippen LogP contribution is -2.47. The Hall–Kier alpha value is -4.15. The summed E-state index contributed by atoms with van der Waals surface area (Å²) in [7, 11) is 1.22. The van der Waals surface area contributed by atoms with Crippen molar-refractivity contribution in [3.63, 3.8) is 0 Å². The smallest absolute Gasteiger partial charge is 0.418 e. The third-order valence-corrected chi connectivity index (χ3v) is 6.65. The highest BCUT2D eigenvalue weighted by atomic mass is 19.4. The maximum absolute atomic E-state index is 14.7. The molecule has 0 bridgehead atoms. The number of nitrogens with two attached hydrogens (primary N) is 1. The first-order valence-corrected chi connectivity index (χ1v) is 11.8. The van der Waals surface area contributed by atoms with Gasteiger partial charge < -0.3 is 25.8 Å². The number of likely N-dealkylation sites (tertiary alicyclic amines) is 1. The number of amides is 2. The Morgan fingerprint density at radius 1 is 1.17 bits per heavy atom. The highest BCUT2D eigenvalue weighted by Crippen LogP contribution is 2.39. The standard InChI is InChI=1S/C24H23F7N6O4/c1-22(40,24(29,30)31)7-18(38)36-8-14(25)15(9-36)35-21(39)12-5-11(3-4-17(12)41-2)16-6-13(23(26,27)28)19-20(32)33-10-34-37(16)19/h3-6,10,14-15,40H,7-9H2,1-2H3,(H,35,39)(H2,32,33,34)/t14-,15+,22?/m0/s1. The van der Waals surface area contributed by atoms with Crippen LogP contribution in [-0.2, 0) is 11.0 Å². The summed E-state index contributed by atoms with van der Waals surface area (Å²) in [4.78, 5) is 29.8. The minimum atomic E-state index is -5.10. The van der Waals surface area contributed by atoms with Crippen LogP contribution in [0, 0.1) is 0 Å². The molecule has 4 N–H and O–H groups in total. The predicted molar refractivity (Wildman–Crippen MR) is 128 cm³/mol. The molecule has 4 rings (SSSR count). The van der Waals surface area contributed by atoms with Gasteiger partial charge in [-0.15, -0.1) is 0 Å². The third kappa shape index (κ3) is 5.71. The number of carbonyl (C=O) groups excluding carboxylic acids is 2. The zero-order chi connectivity index (χ0) is 30.5. The molecule has 222 valence electrons. The second-order valence-electron chi connectivity index (χ2n) is 9.60. The average molecular weight is 592 g/mol. The summed E-state index contributed by atoms with van der Waals surface area (Å²) in [5, 5.41) is 15.8. The fourth-order valence-electron chi connectivity index (χ4n) is 4.39. The number of nitrogen functional groups attached to an aromatic ring is 1. The Labute approximate surface area is 226 Å². The molecule has 17 heteroatoms. The summed E-state index contributed by atoms with van der Waals surface area (Å²) in [5.74, 6) is -2.57. The summed E-state index contributed by atoms with van der Waals surface area (Å²) in [5.41, 5.74) is 0.475. The van der Waals surface area contributed by atoms with E-state index in [1.165, 1.54) is 25.3 Å². The number of hydrogen-bond acceptors (Lipinski definition) is 7. The summed E-state index contributed by atoms with van der Waals surface area (Å²) in [6.07, 6.45) is -12.2. The Bertz CT molecular complexity index is 1490. The number of benzene rings is 1. The Balaban J connectivity index is 1.60. The molecule has 3 atom stereocenters. The summed E-state index contributed by atoms with van der Waals surface area (Å²) < 4.78 is 101. The van der Waals surface area contributed by atoms with Gasteiger partial charge in [-0.05, 0) is 31.2 Å². The number of hydrogen-bond donors (Lipinski definition) is 3. The van der Waals surface area contributed by atoms with E-state index in [0.29, 0.717) is 6.92 Å². The van der Waals surface area contributed by atoms with E-state index in [0.717, 1.165) is 21.8 Å². The molecule has 3 heterocycles. The molecule has 1 aromatic carbocycles. The van der Waals surface area contributed by atoms with Crippen LogP contribution in [0.5, 0.6) is 5.75 Å². The molecular formula is C24H23F7N6O4. The number of aliphatic hydroxyl groups is 1. The summed E-state index contributed by atoms with van der Waals surface area (Å²) in [6, 6.07) is 3.26. The quantitative estimate of drug-likeness (QED) is 0.375. The van der Waals surface area contributed by atoms with Crippen LogP contribution in [0.2, 0.25) is 0 Å². The maximum Gasteiger partial charge on any atom is 0.418 e. The van der Waals surface area contributed by atoms with Crippen LogP contribution in [0.3, 0.4) is 0 Å². The first-order chi connectivity index (χ1) is 18.9. The van der Waals surface area contributed by atoms with E-state index in [-0.39, 0.29) is 22.6 Å². The van der Waals surface area contributed by atoms with Gasteiger partial charge in [-0.1, -0.05) is 0 Å². The van der Waals surface area contributed by atoms with Crippen molar-refractivity contribution in [1.29, 1.82) is 0 Å². The fraction of sp³-hybridized carbons (Fsp3) is 0.417. The van der Waals surface area contributed by atoms with Gasteiger partial charge in [0.15, 0.2) is 11.4 Å². The highest BCUT2D eigenvalue weighted by Gasteiger charge is 2.52. The number of carbonyl (C=O) groups is 2.